The van der Waals surface area contributed by atoms with E-state index in [2.05, 4.69) is 10.6 Å². The highest BCUT2D eigenvalue weighted by atomic mass is 32.1. The predicted molar refractivity (Wildman–Crippen MR) is 137 cm³/mol. The highest BCUT2D eigenvalue weighted by Gasteiger charge is 2.26. The van der Waals surface area contributed by atoms with Gasteiger partial charge in [-0.15, -0.1) is 11.3 Å². The van der Waals surface area contributed by atoms with Crippen LogP contribution in [0, 0.1) is 11.3 Å². The van der Waals surface area contributed by atoms with Crippen LogP contribution >= 0.6 is 11.3 Å². The van der Waals surface area contributed by atoms with Crippen LogP contribution in [0.25, 0.3) is 23.0 Å². The lowest BCUT2D eigenvalue weighted by Gasteiger charge is -2.12. The highest BCUT2D eigenvalue weighted by molar-refractivity contribution is 7.17. The van der Waals surface area contributed by atoms with Gasteiger partial charge in [-0.2, -0.15) is 5.26 Å². The summed E-state index contributed by atoms with van der Waals surface area (Å²) in [6.45, 7) is 0. The monoisotopic (exact) mass is 481 g/mol. The molecule has 5 rings (SSSR count). The van der Waals surface area contributed by atoms with Crippen LogP contribution in [-0.2, 0) is 17.6 Å². The smallest absolute Gasteiger partial charge is 0.267 e. The Hall–Kier alpha value is -4.22. The molecule has 0 aliphatic heterocycles. The predicted octanol–water partition coefficient (Wildman–Crippen LogP) is 4.85. The Labute approximate surface area is 206 Å². The molecule has 0 atom stereocenters. The summed E-state index contributed by atoms with van der Waals surface area (Å²) in [7, 11) is 1.58. The molecule has 4 aromatic rings. The van der Waals surface area contributed by atoms with Crippen molar-refractivity contribution in [1.82, 2.24) is 14.7 Å². The Balaban J connectivity index is 1.56. The fourth-order valence-electron chi connectivity index (χ4n) is 4.44. The fourth-order valence-corrected chi connectivity index (χ4v) is 5.72. The molecular formula is C27H23N5O2S. The quantitative estimate of drug-likeness (QED) is 0.314. The van der Waals surface area contributed by atoms with Gasteiger partial charge in [-0.05, 0) is 49.5 Å². The zero-order valence-electron chi connectivity index (χ0n) is 19.2. The van der Waals surface area contributed by atoms with Gasteiger partial charge in [-0.25, -0.2) is 4.98 Å². The molecule has 0 unspecified atom stereocenters. The third-order valence-corrected chi connectivity index (χ3v) is 7.32. The van der Waals surface area contributed by atoms with Crippen LogP contribution in [0.1, 0.15) is 39.3 Å². The van der Waals surface area contributed by atoms with E-state index in [9.17, 15) is 14.9 Å². The summed E-state index contributed by atoms with van der Waals surface area (Å²) in [5.41, 5.74) is 4.35. The molecule has 3 aromatic heterocycles. The highest BCUT2D eigenvalue weighted by Crippen LogP contribution is 2.38. The van der Waals surface area contributed by atoms with E-state index in [1.807, 2.05) is 65.2 Å². The number of thiophene rings is 1. The van der Waals surface area contributed by atoms with Crippen molar-refractivity contribution in [1.29, 1.82) is 5.26 Å². The van der Waals surface area contributed by atoms with Crippen LogP contribution in [-0.4, -0.2) is 28.2 Å². The van der Waals surface area contributed by atoms with Gasteiger partial charge in [0, 0.05) is 23.7 Å². The van der Waals surface area contributed by atoms with Gasteiger partial charge in [0.25, 0.3) is 11.8 Å². The second-order valence-electron chi connectivity index (χ2n) is 8.26. The first-order valence-electron chi connectivity index (χ1n) is 11.4. The van der Waals surface area contributed by atoms with E-state index >= 15 is 0 Å². The number of amides is 2. The Morgan fingerprint density at radius 1 is 1.11 bits per heavy atom. The molecule has 2 amide bonds. The summed E-state index contributed by atoms with van der Waals surface area (Å²) in [6.07, 6.45) is 7.20. The largest absolute Gasteiger partial charge is 0.355 e. The standard InChI is InChI=1S/C27H23N5O2S/c1-29-26(34)23-19-11-5-6-12-21(19)35-27(23)31-25(33)18(16-28)15-20-24(17-9-3-2-4-10-17)30-22-13-7-8-14-32(20)22/h2-4,7-10,13-15H,5-6,11-12H2,1H3,(H,29,34)(H,31,33)/b18-15+. The zero-order chi connectivity index (χ0) is 24.4. The van der Waals surface area contributed by atoms with Crippen molar-refractivity contribution in [2.45, 2.75) is 25.7 Å². The number of carbonyl (C=O) groups is 2. The lowest BCUT2D eigenvalue weighted by molar-refractivity contribution is -0.112. The van der Waals surface area contributed by atoms with Gasteiger partial charge in [0.15, 0.2) is 0 Å². The van der Waals surface area contributed by atoms with Gasteiger partial charge in [0.1, 0.15) is 22.3 Å². The van der Waals surface area contributed by atoms with Crippen LogP contribution in [0.4, 0.5) is 5.00 Å². The number of fused-ring (bicyclic) bond motifs is 2. The average Bonchev–Trinajstić information content (AvgIpc) is 3.45. The number of nitrogens with zero attached hydrogens (tertiary/aromatic N) is 3. The molecule has 0 bridgehead atoms. The molecule has 2 N–H and O–H groups in total. The second-order valence-corrected chi connectivity index (χ2v) is 9.36. The number of nitrogens with one attached hydrogen (secondary N) is 2. The second kappa shape index (κ2) is 9.57. The first-order chi connectivity index (χ1) is 17.1. The Morgan fingerprint density at radius 2 is 1.89 bits per heavy atom. The number of anilines is 1. The molecular weight excluding hydrogens is 458 g/mol. The van der Waals surface area contributed by atoms with Gasteiger partial charge in [0.2, 0.25) is 0 Å². The molecule has 0 saturated heterocycles. The molecule has 8 heteroatoms. The summed E-state index contributed by atoms with van der Waals surface area (Å²) in [6, 6.07) is 17.3. The Bertz CT molecular complexity index is 1510. The number of benzene rings is 1. The van der Waals surface area contributed by atoms with E-state index < -0.39 is 5.91 Å². The fraction of sp³-hybridized carbons (Fsp3) is 0.185. The summed E-state index contributed by atoms with van der Waals surface area (Å²) in [4.78, 5) is 31.8. The van der Waals surface area contributed by atoms with Crippen LogP contribution in [0.5, 0.6) is 0 Å². The number of nitriles is 1. The maximum atomic E-state index is 13.3. The molecule has 0 spiro atoms. The van der Waals surface area contributed by atoms with Crippen molar-refractivity contribution in [2.75, 3.05) is 12.4 Å². The van der Waals surface area contributed by atoms with Gasteiger partial charge < -0.3 is 10.6 Å². The average molecular weight is 482 g/mol. The SMILES string of the molecule is CNC(=O)c1c(NC(=O)/C(C#N)=C/c2c(-c3ccccc3)nc3ccccn23)sc2c1CCCC2. The molecule has 1 aliphatic carbocycles. The third-order valence-electron chi connectivity index (χ3n) is 6.11. The molecule has 3 heterocycles. The van der Waals surface area contributed by atoms with Gasteiger partial charge in [-0.1, -0.05) is 36.4 Å². The number of rotatable bonds is 5. The van der Waals surface area contributed by atoms with Crippen LogP contribution < -0.4 is 10.6 Å². The van der Waals surface area contributed by atoms with Gasteiger partial charge in [0.05, 0.1) is 17.0 Å². The first kappa shape index (κ1) is 22.6. The summed E-state index contributed by atoms with van der Waals surface area (Å²) in [5, 5.41) is 15.9. The van der Waals surface area contributed by atoms with Crippen molar-refractivity contribution >= 4 is 39.9 Å². The topological polar surface area (TPSA) is 99.3 Å². The minimum atomic E-state index is -0.554. The normalized spacial score (nSPS) is 13.2. The molecule has 35 heavy (non-hydrogen) atoms. The van der Waals surface area contributed by atoms with E-state index in [1.165, 1.54) is 11.3 Å². The maximum absolute atomic E-state index is 13.3. The van der Waals surface area contributed by atoms with Crippen LogP contribution in [0.2, 0.25) is 0 Å². The third kappa shape index (κ3) is 4.22. The van der Waals surface area contributed by atoms with E-state index in [0.29, 0.717) is 27.6 Å². The number of imidazole rings is 1. The molecule has 0 saturated carbocycles. The van der Waals surface area contributed by atoms with Gasteiger partial charge in [-0.3, -0.25) is 14.0 Å². The minimum Gasteiger partial charge on any atom is -0.355 e. The number of hydrogen-bond donors (Lipinski definition) is 2. The number of carbonyl (C=O) groups excluding carboxylic acids is 2. The number of aryl methyl sites for hydroxylation is 1. The number of aromatic nitrogens is 2. The lowest BCUT2D eigenvalue weighted by Crippen LogP contribution is -2.22. The molecule has 174 valence electrons. The Morgan fingerprint density at radius 3 is 2.66 bits per heavy atom. The van der Waals surface area contributed by atoms with Crippen molar-refractivity contribution in [2.24, 2.45) is 0 Å². The Kier molecular flexibility index (Phi) is 6.17. The van der Waals surface area contributed by atoms with E-state index in [0.717, 1.165) is 41.7 Å². The molecule has 1 aliphatic rings. The van der Waals surface area contributed by atoms with Crippen LogP contribution in [0.3, 0.4) is 0 Å². The number of hydrogen-bond acceptors (Lipinski definition) is 5. The van der Waals surface area contributed by atoms with E-state index in [-0.39, 0.29) is 11.5 Å². The maximum Gasteiger partial charge on any atom is 0.267 e. The van der Waals surface area contributed by atoms with E-state index in [4.69, 9.17) is 4.98 Å². The summed E-state index contributed by atoms with van der Waals surface area (Å²) >= 11 is 1.43. The summed E-state index contributed by atoms with van der Waals surface area (Å²) in [5.74, 6) is -0.781. The van der Waals surface area contributed by atoms with Crippen molar-refractivity contribution in [3.05, 3.63) is 82.0 Å². The number of pyridine rings is 1. The van der Waals surface area contributed by atoms with Crippen molar-refractivity contribution in [3.63, 3.8) is 0 Å². The van der Waals surface area contributed by atoms with Crippen molar-refractivity contribution < 1.29 is 9.59 Å². The summed E-state index contributed by atoms with van der Waals surface area (Å²) < 4.78 is 1.85. The van der Waals surface area contributed by atoms with Gasteiger partial charge >= 0.3 is 0 Å². The zero-order valence-corrected chi connectivity index (χ0v) is 20.0. The molecule has 0 radical (unpaired) electrons. The van der Waals surface area contributed by atoms with Crippen LogP contribution in [0.15, 0.2) is 60.3 Å². The van der Waals surface area contributed by atoms with Crippen molar-refractivity contribution in [3.8, 4) is 17.3 Å². The molecule has 7 nitrogen and oxygen atoms in total. The van der Waals surface area contributed by atoms with E-state index in [1.54, 1.807) is 13.1 Å². The lowest BCUT2D eigenvalue weighted by atomic mass is 9.95. The molecule has 1 aromatic carbocycles. The molecule has 0 fully saturated rings. The first-order valence-corrected chi connectivity index (χ1v) is 12.2. The minimum absolute atomic E-state index is 0.0675.